The van der Waals surface area contributed by atoms with Crippen molar-refractivity contribution in [1.29, 1.82) is 0 Å². The fourth-order valence-electron chi connectivity index (χ4n) is 2.73. The molecule has 0 amide bonds. The zero-order valence-corrected chi connectivity index (χ0v) is 13.8. The van der Waals surface area contributed by atoms with Crippen molar-refractivity contribution in [3.8, 4) is 0 Å². The summed E-state index contributed by atoms with van der Waals surface area (Å²) in [6, 6.07) is 13.1. The molecule has 0 aromatic heterocycles. The third kappa shape index (κ3) is 3.64. The first-order valence-electron chi connectivity index (χ1n) is 7.49. The number of nitrogens with two attached hydrogens (primary N) is 1. The normalized spacial score (nSPS) is 12.3. The van der Waals surface area contributed by atoms with E-state index in [0.29, 0.717) is 0 Å². The number of benzene rings is 2. The number of likely N-dealkylation sites (N-methyl/N-ethyl adjacent to an activating group) is 1. The summed E-state index contributed by atoms with van der Waals surface area (Å²) >= 11 is 0. The van der Waals surface area contributed by atoms with Gasteiger partial charge >= 0.3 is 0 Å². The molecular weight excluding hydrogens is 256 g/mol. The summed E-state index contributed by atoms with van der Waals surface area (Å²) < 4.78 is 0. The average Bonchev–Trinajstić information content (AvgIpc) is 2.41. The van der Waals surface area contributed by atoms with Gasteiger partial charge in [-0.05, 0) is 56.0 Å². The Kier molecular flexibility index (Phi) is 4.69. The predicted octanol–water partition coefficient (Wildman–Crippen LogP) is 4.06. The van der Waals surface area contributed by atoms with Crippen molar-refractivity contribution < 1.29 is 0 Å². The quantitative estimate of drug-likeness (QED) is 0.916. The predicted molar refractivity (Wildman–Crippen MR) is 92.0 cm³/mol. The maximum atomic E-state index is 6.39. The highest BCUT2D eigenvalue weighted by Gasteiger charge is 2.12. The highest BCUT2D eigenvalue weighted by atomic mass is 15.1. The van der Waals surface area contributed by atoms with E-state index >= 15 is 0 Å². The van der Waals surface area contributed by atoms with Crippen molar-refractivity contribution in [1.82, 2.24) is 0 Å². The fourth-order valence-corrected chi connectivity index (χ4v) is 2.73. The first kappa shape index (κ1) is 15.6. The maximum Gasteiger partial charge on any atom is 0.0473 e. The van der Waals surface area contributed by atoms with E-state index in [0.717, 1.165) is 6.54 Å². The molecule has 2 N–H and O–H groups in total. The van der Waals surface area contributed by atoms with Gasteiger partial charge in [-0.2, -0.15) is 0 Å². The summed E-state index contributed by atoms with van der Waals surface area (Å²) in [5.41, 5.74) is 14.1. The van der Waals surface area contributed by atoms with Crippen LogP contribution in [0.3, 0.4) is 0 Å². The molecule has 0 spiro atoms. The van der Waals surface area contributed by atoms with E-state index in [1.54, 1.807) is 0 Å². The van der Waals surface area contributed by atoms with E-state index in [1.165, 1.54) is 33.5 Å². The average molecular weight is 282 g/mol. The van der Waals surface area contributed by atoms with Gasteiger partial charge in [0.2, 0.25) is 0 Å². The first-order chi connectivity index (χ1) is 9.88. The van der Waals surface area contributed by atoms with Gasteiger partial charge in [0, 0.05) is 25.3 Å². The third-order valence-corrected chi connectivity index (χ3v) is 4.19. The van der Waals surface area contributed by atoms with Crippen LogP contribution in [0.2, 0.25) is 0 Å². The number of nitrogens with zero attached hydrogens (tertiary/aromatic N) is 1. The van der Waals surface area contributed by atoms with Crippen LogP contribution in [0.4, 0.5) is 5.69 Å². The maximum absolute atomic E-state index is 6.39. The van der Waals surface area contributed by atoms with Gasteiger partial charge in [-0.3, -0.25) is 0 Å². The van der Waals surface area contributed by atoms with Gasteiger partial charge in [0.25, 0.3) is 0 Å². The Morgan fingerprint density at radius 1 is 0.905 bits per heavy atom. The van der Waals surface area contributed by atoms with Crippen LogP contribution >= 0.6 is 0 Å². The van der Waals surface area contributed by atoms with Gasteiger partial charge in [0.05, 0.1) is 0 Å². The molecule has 0 radical (unpaired) electrons. The van der Waals surface area contributed by atoms with Gasteiger partial charge in [0.15, 0.2) is 0 Å². The number of hydrogen-bond acceptors (Lipinski definition) is 2. The molecule has 1 unspecified atom stereocenters. The van der Waals surface area contributed by atoms with Crippen LogP contribution < -0.4 is 10.6 Å². The monoisotopic (exact) mass is 282 g/mol. The van der Waals surface area contributed by atoms with Crippen LogP contribution in [0.1, 0.15) is 33.9 Å². The molecular formula is C19H26N2. The third-order valence-electron chi connectivity index (χ3n) is 4.19. The molecule has 0 fully saturated rings. The summed E-state index contributed by atoms with van der Waals surface area (Å²) in [5, 5.41) is 0. The van der Waals surface area contributed by atoms with Gasteiger partial charge in [-0.1, -0.05) is 35.9 Å². The minimum atomic E-state index is 0.0232. The Morgan fingerprint density at radius 2 is 1.62 bits per heavy atom. The Bertz CT molecular complexity index is 631. The lowest BCUT2D eigenvalue weighted by Crippen LogP contribution is -2.29. The number of aryl methyl sites for hydroxylation is 4. The smallest absolute Gasteiger partial charge is 0.0473 e. The lowest BCUT2D eigenvalue weighted by Gasteiger charge is -2.25. The molecule has 2 aromatic rings. The molecule has 0 aliphatic rings. The highest BCUT2D eigenvalue weighted by molar-refractivity contribution is 5.54. The molecule has 0 saturated heterocycles. The van der Waals surface area contributed by atoms with Crippen LogP contribution in [0.25, 0.3) is 0 Å². The van der Waals surface area contributed by atoms with Crippen LogP contribution in [-0.4, -0.2) is 13.6 Å². The lowest BCUT2D eigenvalue weighted by molar-refractivity contribution is 0.701. The van der Waals surface area contributed by atoms with E-state index in [2.05, 4.69) is 76.0 Å². The molecule has 0 saturated carbocycles. The lowest BCUT2D eigenvalue weighted by atomic mass is 10.0. The van der Waals surface area contributed by atoms with Crippen molar-refractivity contribution in [3.05, 3.63) is 64.2 Å². The Labute approximate surface area is 128 Å². The van der Waals surface area contributed by atoms with Crippen molar-refractivity contribution in [2.24, 2.45) is 5.73 Å². The second kappa shape index (κ2) is 6.31. The van der Waals surface area contributed by atoms with E-state index in [-0.39, 0.29) is 6.04 Å². The standard InChI is InChI=1S/C19H26N2/c1-13-6-9-19(16(4)10-13)21(5)12-18(20)17-8-7-14(2)15(3)11-17/h6-11,18H,12,20H2,1-5H3. The van der Waals surface area contributed by atoms with Crippen molar-refractivity contribution in [2.75, 3.05) is 18.5 Å². The van der Waals surface area contributed by atoms with E-state index in [9.17, 15) is 0 Å². The summed E-state index contributed by atoms with van der Waals surface area (Å²) in [5.74, 6) is 0. The summed E-state index contributed by atoms with van der Waals surface area (Å²) in [4.78, 5) is 2.24. The topological polar surface area (TPSA) is 29.3 Å². The summed E-state index contributed by atoms with van der Waals surface area (Å²) in [6.07, 6.45) is 0. The van der Waals surface area contributed by atoms with Gasteiger partial charge in [0.1, 0.15) is 0 Å². The summed E-state index contributed by atoms with van der Waals surface area (Å²) in [7, 11) is 2.11. The van der Waals surface area contributed by atoms with Gasteiger partial charge < -0.3 is 10.6 Å². The SMILES string of the molecule is Cc1ccc(N(C)CC(N)c2ccc(C)c(C)c2)c(C)c1. The molecule has 2 aromatic carbocycles. The van der Waals surface area contributed by atoms with Crippen molar-refractivity contribution in [3.63, 3.8) is 0 Å². The van der Waals surface area contributed by atoms with Crippen LogP contribution in [0, 0.1) is 27.7 Å². The number of rotatable bonds is 4. The molecule has 1 atom stereocenters. The number of anilines is 1. The molecule has 0 aliphatic heterocycles. The molecule has 21 heavy (non-hydrogen) atoms. The molecule has 0 bridgehead atoms. The van der Waals surface area contributed by atoms with Crippen LogP contribution in [0.15, 0.2) is 36.4 Å². The van der Waals surface area contributed by atoms with Crippen molar-refractivity contribution >= 4 is 5.69 Å². The highest BCUT2D eigenvalue weighted by Crippen LogP contribution is 2.23. The van der Waals surface area contributed by atoms with Crippen molar-refractivity contribution in [2.45, 2.75) is 33.7 Å². The second-order valence-corrected chi connectivity index (χ2v) is 6.12. The Balaban J connectivity index is 2.14. The van der Waals surface area contributed by atoms with E-state index < -0.39 is 0 Å². The molecule has 2 rings (SSSR count). The fraction of sp³-hybridized carbons (Fsp3) is 0.368. The molecule has 2 heteroatoms. The van der Waals surface area contributed by atoms with E-state index in [1.807, 2.05) is 0 Å². The second-order valence-electron chi connectivity index (χ2n) is 6.12. The van der Waals surface area contributed by atoms with Crippen LogP contribution in [-0.2, 0) is 0 Å². The summed E-state index contributed by atoms with van der Waals surface area (Å²) in [6.45, 7) is 9.36. The van der Waals surface area contributed by atoms with Gasteiger partial charge in [-0.25, -0.2) is 0 Å². The molecule has 112 valence electrons. The van der Waals surface area contributed by atoms with E-state index in [4.69, 9.17) is 5.73 Å². The van der Waals surface area contributed by atoms with Crippen LogP contribution in [0.5, 0.6) is 0 Å². The molecule has 0 heterocycles. The largest absolute Gasteiger partial charge is 0.372 e. The minimum Gasteiger partial charge on any atom is -0.372 e. The van der Waals surface area contributed by atoms with Gasteiger partial charge in [-0.15, -0.1) is 0 Å². The molecule has 0 aliphatic carbocycles. The Hall–Kier alpha value is -1.80. The zero-order valence-electron chi connectivity index (χ0n) is 13.8. The number of hydrogen-bond donors (Lipinski definition) is 1. The minimum absolute atomic E-state index is 0.0232. The first-order valence-corrected chi connectivity index (χ1v) is 7.49. The Morgan fingerprint density at radius 3 is 2.24 bits per heavy atom. The molecule has 2 nitrogen and oxygen atoms in total. The zero-order chi connectivity index (χ0) is 15.6.